The second-order valence-electron chi connectivity index (χ2n) is 6.19. The average Bonchev–Trinajstić information content (AvgIpc) is 2.64. The number of fused-ring (bicyclic) bond motifs is 1. The molecular formula is C20H21BrN2O3. The Morgan fingerprint density at radius 2 is 2.04 bits per heavy atom. The number of rotatable bonds is 5. The molecule has 2 aromatic carbocycles. The zero-order chi connectivity index (χ0) is 18.7. The van der Waals surface area contributed by atoms with Crippen LogP contribution < -0.4 is 15.0 Å². The molecule has 1 aliphatic heterocycles. The van der Waals surface area contributed by atoms with E-state index in [0.29, 0.717) is 40.9 Å². The highest BCUT2D eigenvalue weighted by Crippen LogP contribution is 2.31. The lowest BCUT2D eigenvalue weighted by Crippen LogP contribution is -2.35. The molecule has 2 amide bonds. The molecule has 0 aliphatic carbocycles. The van der Waals surface area contributed by atoms with Gasteiger partial charge in [-0.25, -0.2) is 0 Å². The topological polar surface area (TPSA) is 58.6 Å². The highest BCUT2D eigenvalue weighted by atomic mass is 79.9. The molecule has 0 fully saturated rings. The Morgan fingerprint density at radius 3 is 2.77 bits per heavy atom. The van der Waals surface area contributed by atoms with E-state index in [1.807, 2.05) is 23.1 Å². The van der Waals surface area contributed by atoms with Gasteiger partial charge in [-0.05, 0) is 70.7 Å². The number of benzene rings is 2. The lowest BCUT2D eigenvalue weighted by Gasteiger charge is -2.29. The number of nitrogens with one attached hydrogen (secondary N) is 1. The molecule has 0 spiro atoms. The molecule has 136 valence electrons. The maximum absolute atomic E-state index is 12.6. The number of carbonyl (C=O) groups excluding carboxylic acids is 2. The van der Waals surface area contributed by atoms with Crippen LogP contribution in [0.4, 0.5) is 11.4 Å². The molecule has 0 radical (unpaired) electrons. The number of hydrogen-bond donors (Lipinski definition) is 1. The summed E-state index contributed by atoms with van der Waals surface area (Å²) in [5, 5.41) is 2.93. The van der Waals surface area contributed by atoms with Gasteiger partial charge in [0.25, 0.3) is 5.91 Å². The van der Waals surface area contributed by atoms with Crippen molar-refractivity contribution in [1.82, 2.24) is 0 Å². The van der Waals surface area contributed by atoms with Crippen molar-refractivity contribution in [3.63, 3.8) is 0 Å². The molecule has 5 nitrogen and oxygen atoms in total. The molecule has 0 atom stereocenters. The van der Waals surface area contributed by atoms with Gasteiger partial charge in [0.05, 0.1) is 12.7 Å². The maximum atomic E-state index is 12.6. The number of aryl methyl sites for hydroxylation is 1. The summed E-state index contributed by atoms with van der Waals surface area (Å²) in [5.74, 6) is 0.571. The molecule has 0 saturated carbocycles. The Labute approximate surface area is 161 Å². The van der Waals surface area contributed by atoms with Crippen molar-refractivity contribution in [3.05, 3.63) is 52.0 Å². The highest BCUT2D eigenvalue weighted by Gasteiger charge is 2.23. The molecule has 1 heterocycles. The van der Waals surface area contributed by atoms with Gasteiger partial charge < -0.3 is 15.0 Å². The molecule has 2 aromatic rings. The number of nitrogens with zero attached hydrogens (tertiary/aromatic N) is 1. The average molecular weight is 417 g/mol. The summed E-state index contributed by atoms with van der Waals surface area (Å²) in [4.78, 5) is 26.6. The zero-order valence-electron chi connectivity index (χ0n) is 14.8. The lowest BCUT2D eigenvalue weighted by molar-refractivity contribution is -0.118. The van der Waals surface area contributed by atoms with Gasteiger partial charge in [0.1, 0.15) is 5.75 Å². The first-order valence-corrected chi connectivity index (χ1v) is 9.41. The molecule has 0 unspecified atom stereocenters. The first-order chi connectivity index (χ1) is 12.5. The highest BCUT2D eigenvalue weighted by molar-refractivity contribution is 9.10. The SMILES string of the molecule is CCCN1C(=O)CCc2cc(NC(=O)c3cc(OC)ccc3Br)ccc21. The van der Waals surface area contributed by atoms with Gasteiger partial charge in [-0.3, -0.25) is 9.59 Å². The van der Waals surface area contributed by atoms with E-state index in [1.165, 1.54) is 0 Å². The fourth-order valence-electron chi connectivity index (χ4n) is 3.11. The molecule has 1 N–H and O–H groups in total. The fraction of sp³-hybridized carbons (Fsp3) is 0.300. The van der Waals surface area contributed by atoms with Crippen molar-refractivity contribution in [2.75, 3.05) is 23.9 Å². The van der Waals surface area contributed by atoms with E-state index in [-0.39, 0.29) is 11.8 Å². The van der Waals surface area contributed by atoms with E-state index in [0.717, 1.165) is 17.7 Å². The van der Waals surface area contributed by atoms with E-state index in [2.05, 4.69) is 28.2 Å². The van der Waals surface area contributed by atoms with Crippen molar-refractivity contribution >= 4 is 39.1 Å². The molecule has 0 saturated heterocycles. The number of halogens is 1. The van der Waals surface area contributed by atoms with Crippen molar-refractivity contribution in [2.45, 2.75) is 26.2 Å². The van der Waals surface area contributed by atoms with Crippen LogP contribution in [0.3, 0.4) is 0 Å². The number of anilines is 2. The minimum atomic E-state index is -0.215. The zero-order valence-corrected chi connectivity index (χ0v) is 16.4. The first-order valence-electron chi connectivity index (χ1n) is 8.61. The molecule has 26 heavy (non-hydrogen) atoms. The van der Waals surface area contributed by atoms with Gasteiger partial charge >= 0.3 is 0 Å². The van der Waals surface area contributed by atoms with Gasteiger partial charge in [-0.1, -0.05) is 6.92 Å². The number of carbonyl (C=O) groups is 2. The third-order valence-electron chi connectivity index (χ3n) is 4.40. The second-order valence-corrected chi connectivity index (χ2v) is 7.04. The van der Waals surface area contributed by atoms with Crippen LogP contribution in [0.5, 0.6) is 5.75 Å². The predicted octanol–water partition coefficient (Wildman–Crippen LogP) is 4.40. The quantitative estimate of drug-likeness (QED) is 0.785. The number of methoxy groups -OCH3 is 1. The number of ether oxygens (including phenoxy) is 1. The van der Waals surface area contributed by atoms with Gasteiger partial charge in [0.2, 0.25) is 5.91 Å². The Balaban J connectivity index is 1.83. The summed E-state index contributed by atoms with van der Waals surface area (Å²) in [6, 6.07) is 11.0. The number of hydrogen-bond acceptors (Lipinski definition) is 3. The summed E-state index contributed by atoms with van der Waals surface area (Å²) >= 11 is 3.40. The van der Waals surface area contributed by atoms with Crippen LogP contribution in [0.2, 0.25) is 0 Å². The van der Waals surface area contributed by atoms with Crippen molar-refractivity contribution in [2.24, 2.45) is 0 Å². The third kappa shape index (κ3) is 3.75. The maximum Gasteiger partial charge on any atom is 0.256 e. The largest absolute Gasteiger partial charge is 0.497 e. The summed E-state index contributed by atoms with van der Waals surface area (Å²) in [5.41, 5.74) is 3.25. The Bertz CT molecular complexity index is 851. The van der Waals surface area contributed by atoms with E-state index in [1.54, 1.807) is 25.3 Å². The van der Waals surface area contributed by atoms with Crippen LogP contribution in [0, 0.1) is 0 Å². The number of amides is 2. The standard InChI is InChI=1S/C20H21BrN2O3/c1-3-10-23-18-8-5-14(11-13(18)4-9-19(23)24)22-20(25)16-12-15(26-2)6-7-17(16)21/h5-8,11-12H,3-4,9-10H2,1-2H3,(H,22,25). The van der Waals surface area contributed by atoms with Crippen LogP contribution in [0.1, 0.15) is 35.7 Å². The summed E-state index contributed by atoms with van der Waals surface area (Å²) in [6.07, 6.45) is 2.11. The van der Waals surface area contributed by atoms with Crippen molar-refractivity contribution in [1.29, 1.82) is 0 Å². The molecule has 1 aliphatic rings. The molecule has 3 rings (SSSR count). The summed E-state index contributed by atoms with van der Waals surface area (Å²) < 4.78 is 5.89. The van der Waals surface area contributed by atoms with Gasteiger partial charge in [0, 0.05) is 28.8 Å². The van der Waals surface area contributed by atoms with Crippen LogP contribution in [-0.2, 0) is 11.2 Å². The Morgan fingerprint density at radius 1 is 1.23 bits per heavy atom. The van der Waals surface area contributed by atoms with Gasteiger partial charge in [-0.15, -0.1) is 0 Å². The smallest absolute Gasteiger partial charge is 0.256 e. The second kappa shape index (κ2) is 7.91. The minimum absolute atomic E-state index is 0.163. The molecular weight excluding hydrogens is 396 g/mol. The fourth-order valence-corrected chi connectivity index (χ4v) is 3.54. The monoisotopic (exact) mass is 416 g/mol. The van der Waals surface area contributed by atoms with E-state index in [9.17, 15) is 9.59 Å². The van der Waals surface area contributed by atoms with Crippen molar-refractivity contribution < 1.29 is 14.3 Å². The minimum Gasteiger partial charge on any atom is -0.497 e. The normalized spacial score (nSPS) is 13.3. The molecule has 0 aromatic heterocycles. The van der Waals surface area contributed by atoms with Crippen LogP contribution in [-0.4, -0.2) is 25.5 Å². The predicted molar refractivity (Wildman–Crippen MR) is 106 cm³/mol. The van der Waals surface area contributed by atoms with E-state index >= 15 is 0 Å². The van der Waals surface area contributed by atoms with Gasteiger partial charge in [-0.2, -0.15) is 0 Å². The third-order valence-corrected chi connectivity index (χ3v) is 5.09. The van der Waals surface area contributed by atoms with E-state index < -0.39 is 0 Å². The summed E-state index contributed by atoms with van der Waals surface area (Å²) in [7, 11) is 1.57. The van der Waals surface area contributed by atoms with Crippen LogP contribution in [0.15, 0.2) is 40.9 Å². The first kappa shape index (κ1) is 18.5. The Kier molecular flexibility index (Phi) is 5.61. The van der Waals surface area contributed by atoms with Crippen molar-refractivity contribution in [3.8, 4) is 5.75 Å². The van der Waals surface area contributed by atoms with Crippen LogP contribution >= 0.6 is 15.9 Å². The van der Waals surface area contributed by atoms with E-state index in [4.69, 9.17) is 4.74 Å². The lowest BCUT2D eigenvalue weighted by atomic mass is 10.00. The van der Waals surface area contributed by atoms with Crippen LogP contribution in [0.25, 0.3) is 0 Å². The summed E-state index contributed by atoms with van der Waals surface area (Å²) in [6.45, 7) is 2.77. The Hall–Kier alpha value is -2.34. The molecule has 0 bridgehead atoms. The molecule has 6 heteroatoms. The van der Waals surface area contributed by atoms with Gasteiger partial charge in [0.15, 0.2) is 0 Å².